The first-order chi connectivity index (χ1) is 11.1. The summed E-state index contributed by atoms with van der Waals surface area (Å²) in [5.74, 6) is 0.0229. The van der Waals surface area contributed by atoms with Gasteiger partial charge < -0.3 is 4.74 Å². The third-order valence-corrected chi connectivity index (χ3v) is 5.33. The van der Waals surface area contributed by atoms with Crippen LogP contribution < -0.4 is 0 Å². The van der Waals surface area contributed by atoms with Crippen LogP contribution in [0.2, 0.25) is 0 Å². The van der Waals surface area contributed by atoms with Gasteiger partial charge in [0.15, 0.2) is 0 Å². The van der Waals surface area contributed by atoms with E-state index in [9.17, 15) is 4.79 Å². The molecule has 2 aliphatic rings. The van der Waals surface area contributed by atoms with Crippen molar-refractivity contribution in [2.75, 3.05) is 39.4 Å². The van der Waals surface area contributed by atoms with Gasteiger partial charge in [0.2, 0.25) is 0 Å². The molecular weight excluding hydrogens is 328 g/mol. The Kier molecular flexibility index (Phi) is 5.48. The zero-order chi connectivity index (χ0) is 16.2. The van der Waals surface area contributed by atoms with Gasteiger partial charge in [-0.05, 0) is 18.6 Å². The minimum atomic E-state index is 0.0229. The number of nitrogens with zero attached hydrogens (tertiary/aromatic N) is 2. The number of amides is 1. The Morgan fingerprint density at radius 3 is 2.83 bits per heavy atom. The lowest BCUT2D eigenvalue weighted by Crippen LogP contribution is -2.42. The van der Waals surface area contributed by atoms with Crippen LogP contribution in [0.1, 0.15) is 11.1 Å². The van der Waals surface area contributed by atoms with Crippen LogP contribution in [0, 0.1) is 6.92 Å². The number of benzene rings is 1. The number of hydrogen-bond acceptors (Lipinski definition) is 5. The lowest BCUT2D eigenvalue weighted by Gasteiger charge is -2.28. The number of carbonyl (C=O) groups excluding carboxylic acids is 1. The zero-order valence-electron chi connectivity index (χ0n) is 13.2. The highest BCUT2D eigenvalue weighted by atomic mass is 32.2. The smallest absolute Gasteiger partial charge is 0.266 e. The summed E-state index contributed by atoms with van der Waals surface area (Å²) in [6, 6.07) is 8.12. The van der Waals surface area contributed by atoms with Crippen molar-refractivity contribution in [2.45, 2.75) is 6.92 Å². The van der Waals surface area contributed by atoms with E-state index >= 15 is 0 Å². The first kappa shape index (κ1) is 16.6. The van der Waals surface area contributed by atoms with Crippen LogP contribution in [0.4, 0.5) is 0 Å². The van der Waals surface area contributed by atoms with Crippen molar-refractivity contribution in [1.82, 2.24) is 9.80 Å². The van der Waals surface area contributed by atoms with Crippen LogP contribution in [-0.4, -0.2) is 59.4 Å². The van der Waals surface area contributed by atoms with Crippen molar-refractivity contribution >= 4 is 40.3 Å². The quantitative estimate of drug-likeness (QED) is 0.617. The molecule has 2 fully saturated rings. The molecule has 0 spiro atoms. The van der Waals surface area contributed by atoms with Gasteiger partial charge in [0.1, 0.15) is 4.32 Å². The monoisotopic (exact) mass is 348 g/mol. The molecule has 0 unspecified atom stereocenters. The summed E-state index contributed by atoms with van der Waals surface area (Å²) < 4.78 is 6.00. The van der Waals surface area contributed by atoms with Gasteiger partial charge in [0.25, 0.3) is 5.91 Å². The minimum Gasteiger partial charge on any atom is -0.379 e. The summed E-state index contributed by atoms with van der Waals surface area (Å²) in [6.07, 6.45) is 1.93. The van der Waals surface area contributed by atoms with E-state index in [0.29, 0.717) is 15.8 Å². The van der Waals surface area contributed by atoms with Crippen LogP contribution in [0.5, 0.6) is 0 Å². The van der Waals surface area contributed by atoms with Crippen molar-refractivity contribution in [3.63, 3.8) is 0 Å². The summed E-state index contributed by atoms with van der Waals surface area (Å²) in [6.45, 7) is 6.92. The molecule has 23 heavy (non-hydrogen) atoms. The van der Waals surface area contributed by atoms with Crippen LogP contribution >= 0.6 is 24.0 Å². The molecule has 1 aromatic carbocycles. The molecule has 0 aliphatic carbocycles. The van der Waals surface area contributed by atoms with E-state index in [0.717, 1.165) is 38.4 Å². The molecule has 1 amide bonds. The van der Waals surface area contributed by atoms with Gasteiger partial charge in [-0.15, -0.1) is 0 Å². The molecule has 4 nitrogen and oxygen atoms in total. The second-order valence-corrected chi connectivity index (χ2v) is 7.38. The zero-order valence-corrected chi connectivity index (χ0v) is 14.8. The van der Waals surface area contributed by atoms with Gasteiger partial charge >= 0.3 is 0 Å². The van der Waals surface area contributed by atoms with Gasteiger partial charge in [0, 0.05) is 26.2 Å². The molecule has 0 bridgehead atoms. The normalized spacial score (nSPS) is 21.4. The predicted molar refractivity (Wildman–Crippen MR) is 98.3 cm³/mol. The van der Waals surface area contributed by atoms with Crippen molar-refractivity contribution in [2.24, 2.45) is 0 Å². The van der Waals surface area contributed by atoms with E-state index in [1.54, 1.807) is 4.90 Å². The van der Waals surface area contributed by atoms with E-state index in [1.165, 1.54) is 17.3 Å². The highest BCUT2D eigenvalue weighted by molar-refractivity contribution is 8.26. The minimum absolute atomic E-state index is 0.0229. The summed E-state index contributed by atoms with van der Waals surface area (Å²) in [4.78, 5) is 17.3. The van der Waals surface area contributed by atoms with Gasteiger partial charge in [0.05, 0.1) is 18.1 Å². The van der Waals surface area contributed by atoms with Crippen molar-refractivity contribution < 1.29 is 9.53 Å². The second kappa shape index (κ2) is 7.57. The number of carbonyl (C=O) groups is 1. The molecule has 0 radical (unpaired) electrons. The third-order valence-electron chi connectivity index (χ3n) is 3.96. The number of thioether (sulfide) groups is 1. The first-order valence-corrected chi connectivity index (χ1v) is 8.98. The Hall–Kier alpha value is -1.21. The summed E-state index contributed by atoms with van der Waals surface area (Å²) in [5, 5.41) is 0. The van der Waals surface area contributed by atoms with Crippen LogP contribution in [0.3, 0.4) is 0 Å². The average molecular weight is 348 g/mol. The Labute approximate surface area is 146 Å². The number of thiocarbonyl (C=S) groups is 1. The third kappa shape index (κ3) is 4.20. The molecule has 2 aliphatic heterocycles. The predicted octanol–water partition coefficient (Wildman–Crippen LogP) is 2.53. The van der Waals surface area contributed by atoms with Gasteiger partial charge in [-0.1, -0.05) is 53.8 Å². The standard InChI is InChI=1S/C17H20N2O2S2/c1-13-3-2-4-14(11-13)12-15-16(20)19(17(22)23-15)6-5-18-7-9-21-10-8-18/h2-4,11-12H,5-10H2,1H3. The van der Waals surface area contributed by atoms with Crippen LogP contribution in [0.25, 0.3) is 6.08 Å². The fraction of sp³-hybridized carbons (Fsp3) is 0.412. The largest absolute Gasteiger partial charge is 0.379 e. The van der Waals surface area contributed by atoms with Gasteiger partial charge in [-0.25, -0.2) is 0 Å². The van der Waals surface area contributed by atoms with Gasteiger partial charge in [-0.2, -0.15) is 0 Å². The number of aryl methyl sites for hydroxylation is 1. The molecule has 0 saturated carbocycles. The number of hydrogen-bond donors (Lipinski definition) is 0. The highest BCUT2D eigenvalue weighted by Crippen LogP contribution is 2.32. The van der Waals surface area contributed by atoms with Crippen LogP contribution in [-0.2, 0) is 9.53 Å². The molecule has 0 N–H and O–H groups in total. The average Bonchev–Trinajstić information content (AvgIpc) is 2.80. The molecule has 6 heteroatoms. The number of ether oxygens (including phenoxy) is 1. The maximum absolute atomic E-state index is 12.6. The van der Waals surface area contributed by atoms with Crippen molar-refractivity contribution in [3.05, 3.63) is 40.3 Å². The summed E-state index contributed by atoms with van der Waals surface area (Å²) in [7, 11) is 0. The Morgan fingerprint density at radius 2 is 2.09 bits per heavy atom. The van der Waals surface area contributed by atoms with E-state index in [4.69, 9.17) is 17.0 Å². The van der Waals surface area contributed by atoms with Crippen molar-refractivity contribution in [1.29, 1.82) is 0 Å². The lowest BCUT2D eigenvalue weighted by atomic mass is 10.1. The Morgan fingerprint density at radius 1 is 1.30 bits per heavy atom. The van der Waals surface area contributed by atoms with E-state index in [1.807, 2.05) is 31.2 Å². The summed E-state index contributed by atoms with van der Waals surface area (Å²) >= 11 is 6.78. The fourth-order valence-electron chi connectivity index (χ4n) is 2.67. The molecule has 2 saturated heterocycles. The molecular formula is C17H20N2O2S2. The Balaban J connectivity index is 1.65. The van der Waals surface area contributed by atoms with E-state index < -0.39 is 0 Å². The lowest BCUT2D eigenvalue weighted by molar-refractivity contribution is -0.122. The topological polar surface area (TPSA) is 32.8 Å². The molecule has 2 heterocycles. The Bertz CT molecular complexity index is 639. The highest BCUT2D eigenvalue weighted by Gasteiger charge is 2.32. The first-order valence-electron chi connectivity index (χ1n) is 7.75. The molecule has 3 rings (SSSR count). The molecule has 0 aromatic heterocycles. The van der Waals surface area contributed by atoms with Crippen molar-refractivity contribution in [3.8, 4) is 0 Å². The maximum atomic E-state index is 12.6. The van der Waals surface area contributed by atoms with Gasteiger partial charge in [-0.3, -0.25) is 14.6 Å². The SMILES string of the molecule is Cc1cccc(C=C2SC(=S)N(CCN3CCOCC3)C2=O)c1. The van der Waals surface area contributed by atoms with E-state index in [2.05, 4.69) is 11.0 Å². The van der Waals surface area contributed by atoms with E-state index in [-0.39, 0.29) is 5.91 Å². The fourth-order valence-corrected chi connectivity index (χ4v) is 3.98. The summed E-state index contributed by atoms with van der Waals surface area (Å²) in [5.41, 5.74) is 2.22. The number of morpholine rings is 1. The molecule has 0 atom stereocenters. The van der Waals surface area contributed by atoms with Crippen LogP contribution in [0.15, 0.2) is 29.2 Å². The number of rotatable bonds is 4. The second-order valence-electron chi connectivity index (χ2n) is 5.70. The molecule has 1 aromatic rings. The molecule has 122 valence electrons. The maximum Gasteiger partial charge on any atom is 0.266 e.